The highest BCUT2D eigenvalue weighted by molar-refractivity contribution is 5.86. The Labute approximate surface area is 164 Å². The molecular weight excluding hydrogens is 354 g/mol. The first-order chi connectivity index (χ1) is 13.5. The maximum absolute atomic E-state index is 13.9. The molecule has 2 atom stereocenters. The van der Waals surface area contributed by atoms with Gasteiger partial charge in [-0.3, -0.25) is 4.99 Å². The summed E-state index contributed by atoms with van der Waals surface area (Å²) in [4.78, 5) is 4.89. The summed E-state index contributed by atoms with van der Waals surface area (Å²) in [6.07, 6.45) is 1.59. The number of hydrogen-bond acceptors (Lipinski definition) is 2. The fraction of sp³-hybridized carbons (Fsp3) is 0.208. The van der Waals surface area contributed by atoms with E-state index in [9.17, 15) is 8.78 Å². The standard InChI is InChI=1S/C24H22F2N2/c1-24(19-10-6-12-21(26)16-19)23(18-9-5-11-20(25)15-18)27-22(28-24)14-13-17-7-3-2-4-8-17/h2-12,15-16,23H,13-14H2,1H3,(H,27,28)/t23-,24+/m0/s1. The van der Waals surface area contributed by atoms with Gasteiger partial charge in [0.25, 0.3) is 0 Å². The Balaban J connectivity index is 1.67. The third-order valence-electron chi connectivity index (χ3n) is 5.32. The van der Waals surface area contributed by atoms with Crippen LogP contribution in [0.2, 0.25) is 0 Å². The summed E-state index contributed by atoms with van der Waals surface area (Å²) in [5.74, 6) is 0.258. The Bertz CT molecular complexity index is 1000. The molecule has 3 aromatic rings. The Morgan fingerprint density at radius 3 is 2.29 bits per heavy atom. The molecule has 0 bridgehead atoms. The minimum Gasteiger partial charge on any atom is -0.362 e. The van der Waals surface area contributed by atoms with Crippen LogP contribution in [0.1, 0.15) is 36.1 Å². The van der Waals surface area contributed by atoms with Crippen LogP contribution in [0.4, 0.5) is 8.78 Å². The third-order valence-corrected chi connectivity index (χ3v) is 5.32. The van der Waals surface area contributed by atoms with Crippen molar-refractivity contribution >= 4 is 5.84 Å². The van der Waals surface area contributed by atoms with E-state index in [2.05, 4.69) is 17.4 Å². The summed E-state index contributed by atoms with van der Waals surface area (Å²) in [7, 11) is 0. The van der Waals surface area contributed by atoms with Crippen LogP contribution in [-0.4, -0.2) is 5.84 Å². The van der Waals surface area contributed by atoms with Gasteiger partial charge in [-0.1, -0.05) is 54.6 Å². The highest BCUT2D eigenvalue weighted by Gasteiger charge is 2.42. The Hall–Kier alpha value is -3.01. The van der Waals surface area contributed by atoms with Crippen molar-refractivity contribution in [2.24, 2.45) is 4.99 Å². The zero-order valence-electron chi connectivity index (χ0n) is 15.7. The van der Waals surface area contributed by atoms with Gasteiger partial charge in [-0.05, 0) is 54.3 Å². The van der Waals surface area contributed by atoms with E-state index in [1.54, 1.807) is 12.1 Å². The number of halogens is 2. The number of nitrogens with one attached hydrogen (secondary N) is 1. The maximum Gasteiger partial charge on any atom is 0.123 e. The van der Waals surface area contributed by atoms with Gasteiger partial charge in [-0.2, -0.15) is 0 Å². The highest BCUT2D eigenvalue weighted by Crippen LogP contribution is 2.42. The van der Waals surface area contributed by atoms with Gasteiger partial charge in [-0.25, -0.2) is 8.78 Å². The van der Waals surface area contributed by atoms with E-state index in [-0.39, 0.29) is 17.7 Å². The normalized spacial score (nSPS) is 21.2. The molecule has 2 nitrogen and oxygen atoms in total. The molecule has 0 fully saturated rings. The Morgan fingerprint density at radius 1 is 0.857 bits per heavy atom. The van der Waals surface area contributed by atoms with Gasteiger partial charge < -0.3 is 5.32 Å². The SMILES string of the molecule is C[C@]1(c2cccc(F)c2)NC(CCc2ccccc2)=N[C@H]1c1cccc(F)c1. The first kappa shape index (κ1) is 18.4. The molecule has 1 aliphatic heterocycles. The lowest BCUT2D eigenvalue weighted by Gasteiger charge is -2.32. The van der Waals surface area contributed by atoms with Gasteiger partial charge in [0, 0.05) is 6.42 Å². The number of benzene rings is 3. The summed E-state index contributed by atoms with van der Waals surface area (Å²) in [5.41, 5.74) is 2.14. The third kappa shape index (κ3) is 3.68. The lowest BCUT2D eigenvalue weighted by Crippen LogP contribution is -2.41. The van der Waals surface area contributed by atoms with Crippen molar-refractivity contribution in [3.05, 3.63) is 107 Å². The number of amidine groups is 1. The molecule has 0 radical (unpaired) electrons. The molecule has 28 heavy (non-hydrogen) atoms. The summed E-state index contributed by atoms with van der Waals surface area (Å²) < 4.78 is 27.8. The van der Waals surface area contributed by atoms with Crippen LogP contribution >= 0.6 is 0 Å². The molecule has 0 aliphatic carbocycles. The topological polar surface area (TPSA) is 24.4 Å². The minimum absolute atomic E-state index is 0.295. The second-order valence-corrected chi connectivity index (χ2v) is 7.36. The van der Waals surface area contributed by atoms with Crippen molar-refractivity contribution in [1.29, 1.82) is 0 Å². The number of aryl methyl sites for hydroxylation is 1. The maximum atomic E-state index is 13.9. The molecule has 0 aromatic heterocycles. The van der Waals surface area contributed by atoms with Crippen LogP contribution in [0.25, 0.3) is 0 Å². The van der Waals surface area contributed by atoms with Gasteiger partial charge in [0.05, 0.1) is 11.4 Å². The van der Waals surface area contributed by atoms with Crippen LogP contribution in [0.15, 0.2) is 83.9 Å². The quantitative estimate of drug-likeness (QED) is 0.620. The average Bonchev–Trinajstić information content (AvgIpc) is 3.05. The van der Waals surface area contributed by atoms with Crippen molar-refractivity contribution in [2.45, 2.75) is 31.3 Å². The summed E-state index contributed by atoms with van der Waals surface area (Å²) in [6, 6.07) is 22.9. The fourth-order valence-electron chi connectivity index (χ4n) is 3.85. The van der Waals surface area contributed by atoms with Crippen molar-refractivity contribution in [3.8, 4) is 0 Å². The van der Waals surface area contributed by atoms with E-state index >= 15 is 0 Å². The predicted molar refractivity (Wildman–Crippen MR) is 108 cm³/mol. The minimum atomic E-state index is -0.651. The van der Waals surface area contributed by atoms with Gasteiger partial charge in [0.15, 0.2) is 0 Å². The van der Waals surface area contributed by atoms with Crippen LogP contribution in [0.5, 0.6) is 0 Å². The van der Waals surface area contributed by atoms with E-state index in [0.29, 0.717) is 0 Å². The number of aliphatic imine (C=N–C) groups is 1. The van der Waals surface area contributed by atoms with Crippen molar-refractivity contribution in [3.63, 3.8) is 0 Å². The van der Waals surface area contributed by atoms with E-state index in [4.69, 9.17) is 4.99 Å². The largest absolute Gasteiger partial charge is 0.362 e. The summed E-state index contributed by atoms with van der Waals surface area (Å²) in [5, 5.41) is 3.51. The molecular formula is C24H22F2N2. The summed E-state index contributed by atoms with van der Waals surface area (Å²) >= 11 is 0. The summed E-state index contributed by atoms with van der Waals surface area (Å²) in [6.45, 7) is 2.00. The van der Waals surface area contributed by atoms with Gasteiger partial charge in [-0.15, -0.1) is 0 Å². The number of nitrogens with zero attached hydrogens (tertiary/aromatic N) is 1. The van der Waals surface area contributed by atoms with E-state index in [1.165, 1.54) is 29.8 Å². The smallest absolute Gasteiger partial charge is 0.123 e. The van der Waals surface area contributed by atoms with Gasteiger partial charge in [0.2, 0.25) is 0 Å². The van der Waals surface area contributed by atoms with Crippen LogP contribution < -0.4 is 5.32 Å². The van der Waals surface area contributed by atoms with Crippen molar-refractivity contribution in [1.82, 2.24) is 5.32 Å². The number of rotatable bonds is 5. The van der Waals surface area contributed by atoms with Gasteiger partial charge >= 0.3 is 0 Å². The van der Waals surface area contributed by atoms with E-state index < -0.39 is 5.54 Å². The van der Waals surface area contributed by atoms with Crippen LogP contribution in [0.3, 0.4) is 0 Å². The lowest BCUT2D eigenvalue weighted by atomic mass is 9.82. The average molecular weight is 376 g/mol. The number of hydrogen-bond donors (Lipinski definition) is 1. The van der Waals surface area contributed by atoms with E-state index in [1.807, 2.05) is 37.3 Å². The molecule has 4 rings (SSSR count). The van der Waals surface area contributed by atoms with Gasteiger partial charge in [0.1, 0.15) is 17.7 Å². The molecule has 0 saturated carbocycles. The molecule has 3 aromatic carbocycles. The Kier molecular flexibility index (Phi) is 4.95. The monoisotopic (exact) mass is 376 g/mol. The second kappa shape index (κ2) is 7.55. The zero-order chi connectivity index (χ0) is 19.6. The van der Waals surface area contributed by atoms with Crippen molar-refractivity contribution in [2.75, 3.05) is 0 Å². The van der Waals surface area contributed by atoms with Crippen molar-refractivity contribution < 1.29 is 8.78 Å². The predicted octanol–water partition coefficient (Wildman–Crippen LogP) is 5.56. The van der Waals surface area contributed by atoms with E-state index in [0.717, 1.165) is 29.8 Å². The van der Waals surface area contributed by atoms with Crippen LogP contribution in [0, 0.1) is 11.6 Å². The Morgan fingerprint density at radius 2 is 1.57 bits per heavy atom. The first-order valence-electron chi connectivity index (χ1n) is 9.45. The highest BCUT2D eigenvalue weighted by atomic mass is 19.1. The van der Waals surface area contributed by atoms with Crippen LogP contribution in [-0.2, 0) is 12.0 Å². The molecule has 0 unspecified atom stereocenters. The molecule has 4 heteroatoms. The molecule has 1 heterocycles. The molecule has 0 amide bonds. The molecule has 1 aliphatic rings. The lowest BCUT2D eigenvalue weighted by molar-refractivity contribution is 0.382. The molecule has 1 N–H and O–H groups in total. The fourth-order valence-corrected chi connectivity index (χ4v) is 3.85. The zero-order valence-corrected chi connectivity index (χ0v) is 15.7. The second-order valence-electron chi connectivity index (χ2n) is 7.36. The first-order valence-corrected chi connectivity index (χ1v) is 9.45. The molecule has 142 valence electrons. The molecule has 0 spiro atoms. The molecule has 0 saturated heterocycles.